The van der Waals surface area contributed by atoms with E-state index in [4.69, 9.17) is 0 Å². The number of nitrogens with zero attached hydrogens (tertiary/aromatic N) is 5. The maximum atomic E-state index is 12.6. The Morgan fingerprint density at radius 2 is 1.74 bits per heavy atom. The molecule has 1 amide bonds. The Morgan fingerprint density at radius 1 is 1.00 bits per heavy atom. The lowest BCUT2D eigenvalue weighted by Crippen LogP contribution is -2.24. The van der Waals surface area contributed by atoms with E-state index >= 15 is 0 Å². The predicted molar refractivity (Wildman–Crippen MR) is 101 cm³/mol. The van der Waals surface area contributed by atoms with E-state index in [1.807, 2.05) is 18.2 Å². The molecule has 1 fully saturated rings. The molecule has 0 saturated carbocycles. The third-order valence-electron chi connectivity index (χ3n) is 4.83. The van der Waals surface area contributed by atoms with Gasteiger partial charge in [-0.3, -0.25) is 9.69 Å². The van der Waals surface area contributed by atoms with Crippen molar-refractivity contribution in [3.8, 4) is 5.69 Å². The van der Waals surface area contributed by atoms with Crippen LogP contribution < -0.4 is 5.32 Å². The number of para-hydroxylation sites is 1. The zero-order chi connectivity index (χ0) is 18.5. The van der Waals surface area contributed by atoms with Crippen LogP contribution in [0.4, 0.5) is 0 Å². The van der Waals surface area contributed by atoms with Crippen LogP contribution in [0.2, 0.25) is 0 Å². The third kappa shape index (κ3) is 4.20. The lowest BCUT2D eigenvalue weighted by atomic mass is 10.1. The quantitative estimate of drug-likeness (QED) is 0.727. The van der Waals surface area contributed by atoms with Gasteiger partial charge < -0.3 is 5.32 Å². The lowest BCUT2D eigenvalue weighted by molar-refractivity contribution is 0.0950. The first-order chi connectivity index (χ1) is 13.3. The van der Waals surface area contributed by atoms with E-state index in [0.29, 0.717) is 17.8 Å². The molecule has 3 aromatic rings. The van der Waals surface area contributed by atoms with Crippen molar-refractivity contribution in [3.05, 3.63) is 71.5 Å². The Morgan fingerprint density at radius 3 is 2.48 bits per heavy atom. The molecule has 7 nitrogen and oxygen atoms in total. The van der Waals surface area contributed by atoms with Crippen molar-refractivity contribution in [2.75, 3.05) is 13.1 Å². The summed E-state index contributed by atoms with van der Waals surface area (Å²) >= 11 is 0. The minimum absolute atomic E-state index is 0.151. The van der Waals surface area contributed by atoms with Crippen LogP contribution in [0.3, 0.4) is 0 Å². The van der Waals surface area contributed by atoms with Crippen molar-refractivity contribution in [1.29, 1.82) is 0 Å². The summed E-state index contributed by atoms with van der Waals surface area (Å²) in [4.78, 5) is 15.1. The number of rotatable bonds is 6. The number of likely N-dealkylation sites (tertiary alicyclic amines) is 1. The first-order valence-corrected chi connectivity index (χ1v) is 9.20. The lowest BCUT2D eigenvalue weighted by Gasteiger charge is -2.15. The topological polar surface area (TPSA) is 75.9 Å². The van der Waals surface area contributed by atoms with Crippen LogP contribution in [0.25, 0.3) is 5.69 Å². The van der Waals surface area contributed by atoms with Gasteiger partial charge in [0.15, 0.2) is 0 Å². The van der Waals surface area contributed by atoms with Gasteiger partial charge >= 0.3 is 0 Å². The van der Waals surface area contributed by atoms with Gasteiger partial charge in [-0.15, -0.1) is 5.10 Å². The molecule has 0 radical (unpaired) electrons. The number of hydrogen-bond donors (Lipinski definition) is 1. The number of benzene rings is 2. The molecular formula is C20H22N6O. The van der Waals surface area contributed by atoms with Gasteiger partial charge in [0.25, 0.3) is 5.91 Å². The first-order valence-electron chi connectivity index (χ1n) is 9.20. The van der Waals surface area contributed by atoms with Crippen molar-refractivity contribution in [2.24, 2.45) is 0 Å². The summed E-state index contributed by atoms with van der Waals surface area (Å²) in [6.45, 7) is 3.87. The second-order valence-electron chi connectivity index (χ2n) is 6.75. The Bertz CT molecular complexity index is 885. The summed E-state index contributed by atoms with van der Waals surface area (Å²) in [5.74, 6) is -0.151. The van der Waals surface area contributed by atoms with Gasteiger partial charge in [0.2, 0.25) is 0 Å². The van der Waals surface area contributed by atoms with Gasteiger partial charge in [0, 0.05) is 13.1 Å². The van der Waals surface area contributed by atoms with Gasteiger partial charge in [-0.05, 0) is 59.6 Å². The predicted octanol–water partition coefficient (Wildman–Crippen LogP) is 2.19. The molecule has 4 rings (SSSR count). The molecule has 1 aliphatic rings. The fourth-order valence-corrected chi connectivity index (χ4v) is 3.38. The number of amides is 1. The summed E-state index contributed by atoms with van der Waals surface area (Å²) < 4.78 is 1.49. The highest BCUT2D eigenvalue weighted by atomic mass is 16.1. The van der Waals surface area contributed by atoms with E-state index in [-0.39, 0.29) is 5.91 Å². The monoisotopic (exact) mass is 362 g/mol. The molecule has 0 unspecified atom stereocenters. The Kier molecular flexibility index (Phi) is 5.20. The number of aromatic nitrogens is 4. The van der Waals surface area contributed by atoms with Gasteiger partial charge in [-0.2, -0.15) is 4.68 Å². The van der Waals surface area contributed by atoms with Crippen LogP contribution >= 0.6 is 0 Å². The zero-order valence-corrected chi connectivity index (χ0v) is 15.1. The smallest absolute Gasteiger partial charge is 0.253 e. The molecule has 1 saturated heterocycles. The second-order valence-corrected chi connectivity index (χ2v) is 6.75. The number of hydrogen-bond acceptors (Lipinski definition) is 5. The van der Waals surface area contributed by atoms with Crippen molar-refractivity contribution in [3.63, 3.8) is 0 Å². The first kappa shape index (κ1) is 17.4. The van der Waals surface area contributed by atoms with Gasteiger partial charge in [0.05, 0.1) is 11.3 Å². The summed E-state index contributed by atoms with van der Waals surface area (Å²) in [7, 11) is 0. The molecule has 1 aliphatic heterocycles. The second kappa shape index (κ2) is 8.09. The SMILES string of the molecule is O=C(NCc1ccc(CN2CCCC2)cc1)c1ccccc1-n1cnnn1. The average molecular weight is 362 g/mol. The van der Waals surface area contributed by atoms with E-state index in [1.165, 1.54) is 42.5 Å². The third-order valence-corrected chi connectivity index (χ3v) is 4.83. The van der Waals surface area contributed by atoms with Crippen LogP contribution in [0, 0.1) is 0 Å². The highest BCUT2D eigenvalue weighted by Gasteiger charge is 2.14. The summed E-state index contributed by atoms with van der Waals surface area (Å²) in [6, 6.07) is 15.7. The maximum absolute atomic E-state index is 12.6. The van der Waals surface area contributed by atoms with Crippen LogP contribution in [-0.2, 0) is 13.1 Å². The molecule has 0 aliphatic carbocycles. The molecule has 0 atom stereocenters. The highest BCUT2D eigenvalue weighted by Crippen LogP contribution is 2.15. The van der Waals surface area contributed by atoms with E-state index in [9.17, 15) is 4.79 Å². The Balaban J connectivity index is 1.38. The molecule has 2 heterocycles. The molecule has 27 heavy (non-hydrogen) atoms. The largest absolute Gasteiger partial charge is 0.348 e. The molecule has 1 aromatic heterocycles. The maximum Gasteiger partial charge on any atom is 0.253 e. The van der Waals surface area contributed by atoms with Gasteiger partial charge in [0.1, 0.15) is 6.33 Å². The minimum atomic E-state index is -0.151. The summed E-state index contributed by atoms with van der Waals surface area (Å²) in [5, 5.41) is 14.1. The van der Waals surface area contributed by atoms with E-state index in [1.54, 1.807) is 6.07 Å². The number of carbonyl (C=O) groups is 1. The van der Waals surface area contributed by atoms with Crippen LogP contribution in [0.5, 0.6) is 0 Å². The number of tetrazole rings is 1. The highest BCUT2D eigenvalue weighted by molar-refractivity contribution is 5.97. The van der Waals surface area contributed by atoms with E-state index in [0.717, 1.165) is 12.1 Å². The Labute approximate surface area is 158 Å². The number of carbonyl (C=O) groups excluding carboxylic acids is 1. The minimum Gasteiger partial charge on any atom is -0.348 e. The van der Waals surface area contributed by atoms with Crippen LogP contribution in [0.1, 0.15) is 34.3 Å². The van der Waals surface area contributed by atoms with Crippen molar-refractivity contribution in [2.45, 2.75) is 25.9 Å². The summed E-state index contributed by atoms with van der Waals surface area (Å²) in [5.41, 5.74) is 3.58. The molecule has 0 spiro atoms. The average Bonchev–Trinajstić information content (AvgIpc) is 3.41. The van der Waals surface area contributed by atoms with Gasteiger partial charge in [-0.1, -0.05) is 36.4 Å². The zero-order valence-electron chi connectivity index (χ0n) is 15.1. The fraction of sp³-hybridized carbons (Fsp3) is 0.300. The molecule has 7 heteroatoms. The molecule has 1 N–H and O–H groups in total. The normalized spacial score (nSPS) is 14.4. The Hall–Kier alpha value is -3.06. The summed E-state index contributed by atoms with van der Waals surface area (Å²) in [6.07, 6.45) is 4.08. The van der Waals surface area contributed by atoms with E-state index < -0.39 is 0 Å². The van der Waals surface area contributed by atoms with Crippen molar-refractivity contribution in [1.82, 2.24) is 30.4 Å². The van der Waals surface area contributed by atoms with Crippen LogP contribution in [-0.4, -0.2) is 44.1 Å². The molecule has 2 aromatic carbocycles. The molecule has 138 valence electrons. The fourth-order valence-electron chi connectivity index (χ4n) is 3.38. The van der Waals surface area contributed by atoms with Crippen LogP contribution in [0.15, 0.2) is 54.9 Å². The van der Waals surface area contributed by atoms with Crippen molar-refractivity contribution >= 4 is 5.91 Å². The number of nitrogens with one attached hydrogen (secondary N) is 1. The molecular weight excluding hydrogens is 340 g/mol. The molecule has 0 bridgehead atoms. The van der Waals surface area contributed by atoms with Crippen molar-refractivity contribution < 1.29 is 4.79 Å². The van der Waals surface area contributed by atoms with E-state index in [2.05, 4.69) is 50.0 Å². The van der Waals surface area contributed by atoms with Gasteiger partial charge in [-0.25, -0.2) is 0 Å². The standard InChI is InChI=1S/C20H22N6O/c27-20(18-5-1-2-6-19(18)26-15-22-23-24-26)21-13-16-7-9-17(10-8-16)14-25-11-3-4-12-25/h1-2,5-10,15H,3-4,11-14H2,(H,21,27).